The summed E-state index contributed by atoms with van der Waals surface area (Å²) < 4.78 is 0. The third kappa shape index (κ3) is 4.50. The number of rotatable bonds is 7. The fourth-order valence-corrected chi connectivity index (χ4v) is 3.86. The molecule has 0 unspecified atom stereocenters. The standard InChI is InChI=1S/C19H29NS/c1-19(2,3)16-8-10-17(11-9-16)21-13-12-20-18(14-4-5-14)15-6-7-15/h8-11,14-15,18,20H,4-7,12-13H2,1-3H3. The molecule has 2 heteroatoms. The van der Waals surface area contributed by atoms with Crippen LogP contribution in [0.15, 0.2) is 29.2 Å². The van der Waals surface area contributed by atoms with Crippen LogP contribution in [-0.2, 0) is 5.41 Å². The molecule has 21 heavy (non-hydrogen) atoms. The summed E-state index contributed by atoms with van der Waals surface area (Å²) >= 11 is 1.98. The quantitative estimate of drug-likeness (QED) is 0.570. The topological polar surface area (TPSA) is 12.0 Å². The van der Waals surface area contributed by atoms with Crippen LogP contribution in [0.4, 0.5) is 0 Å². The Morgan fingerprint density at radius 3 is 2.10 bits per heavy atom. The summed E-state index contributed by atoms with van der Waals surface area (Å²) in [5.41, 5.74) is 1.68. The number of hydrogen-bond acceptors (Lipinski definition) is 2. The SMILES string of the molecule is CC(C)(C)c1ccc(SCCNC(C2CC2)C2CC2)cc1. The Morgan fingerprint density at radius 2 is 1.62 bits per heavy atom. The van der Waals surface area contributed by atoms with Crippen molar-refractivity contribution >= 4 is 11.8 Å². The molecule has 0 amide bonds. The van der Waals surface area contributed by atoms with Crippen LogP contribution in [0.25, 0.3) is 0 Å². The molecule has 1 aromatic rings. The zero-order chi connectivity index (χ0) is 14.9. The summed E-state index contributed by atoms with van der Waals surface area (Å²) in [5, 5.41) is 3.83. The van der Waals surface area contributed by atoms with Crippen LogP contribution in [0.1, 0.15) is 52.0 Å². The van der Waals surface area contributed by atoms with Crippen molar-refractivity contribution in [3.05, 3.63) is 29.8 Å². The molecule has 1 N–H and O–H groups in total. The monoisotopic (exact) mass is 303 g/mol. The average molecular weight is 304 g/mol. The minimum Gasteiger partial charge on any atom is -0.313 e. The summed E-state index contributed by atoms with van der Waals surface area (Å²) in [6, 6.07) is 9.98. The van der Waals surface area contributed by atoms with Gasteiger partial charge >= 0.3 is 0 Å². The van der Waals surface area contributed by atoms with Gasteiger partial charge in [-0.25, -0.2) is 0 Å². The van der Waals surface area contributed by atoms with Crippen LogP contribution in [0.5, 0.6) is 0 Å². The molecule has 2 aliphatic rings. The Morgan fingerprint density at radius 1 is 1.05 bits per heavy atom. The smallest absolute Gasteiger partial charge is 0.0124 e. The fourth-order valence-electron chi connectivity index (χ4n) is 3.07. The Hall–Kier alpha value is -0.470. The minimum atomic E-state index is 0.256. The van der Waals surface area contributed by atoms with Crippen molar-refractivity contribution in [2.45, 2.75) is 62.8 Å². The van der Waals surface area contributed by atoms with Crippen LogP contribution in [0.3, 0.4) is 0 Å². The molecule has 2 saturated carbocycles. The van der Waals surface area contributed by atoms with E-state index in [4.69, 9.17) is 0 Å². The van der Waals surface area contributed by atoms with E-state index in [0.717, 1.165) is 24.4 Å². The molecule has 0 spiro atoms. The number of hydrogen-bond donors (Lipinski definition) is 1. The van der Waals surface area contributed by atoms with Gasteiger partial charge in [0.05, 0.1) is 0 Å². The first-order chi connectivity index (χ1) is 10.0. The predicted octanol–water partition coefficient (Wildman–Crippen LogP) is 4.85. The van der Waals surface area contributed by atoms with E-state index < -0.39 is 0 Å². The molecular formula is C19H29NS. The molecule has 0 radical (unpaired) electrons. The molecule has 0 atom stereocenters. The second-order valence-corrected chi connectivity index (χ2v) is 8.95. The van der Waals surface area contributed by atoms with Gasteiger partial charge in [0.15, 0.2) is 0 Å². The molecule has 1 aromatic carbocycles. The highest BCUT2D eigenvalue weighted by molar-refractivity contribution is 7.99. The summed E-state index contributed by atoms with van der Waals surface area (Å²) in [6.45, 7) is 7.97. The second kappa shape index (κ2) is 6.34. The predicted molar refractivity (Wildman–Crippen MR) is 93.1 cm³/mol. The normalized spacial score (nSPS) is 19.2. The molecule has 2 aliphatic carbocycles. The molecule has 1 nitrogen and oxygen atoms in total. The Balaban J connectivity index is 1.40. The van der Waals surface area contributed by atoms with Crippen molar-refractivity contribution in [1.82, 2.24) is 5.32 Å². The second-order valence-electron chi connectivity index (χ2n) is 7.78. The molecule has 0 saturated heterocycles. The van der Waals surface area contributed by atoms with Gasteiger partial charge in [0.25, 0.3) is 0 Å². The van der Waals surface area contributed by atoms with E-state index in [1.165, 1.54) is 41.9 Å². The molecule has 0 bridgehead atoms. The lowest BCUT2D eigenvalue weighted by Crippen LogP contribution is -2.34. The van der Waals surface area contributed by atoms with Gasteiger partial charge in [-0.1, -0.05) is 32.9 Å². The molecule has 0 heterocycles. The van der Waals surface area contributed by atoms with Gasteiger partial charge < -0.3 is 5.32 Å². The molecule has 0 aliphatic heterocycles. The summed E-state index contributed by atoms with van der Waals surface area (Å²) in [7, 11) is 0. The number of nitrogens with one attached hydrogen (secondary N) is 1. The van der Waals surface area contributed by atoms with Gasteiger partial charge in [0.1, 0.15) is 0 Å². The molecule has 3 rings (SSSR count). The lowest BCUT2D eigenvalue weighted by atomic mass is 9.87. The lowest BCUT2D eigenvalue weighted by Gasteiger charge is -2.19. The highest BCUT2D eigenvalue weighted by atomic mass is 32.2. The highest BCUT2D eigenvalue weighted by Gasteiger charge is 2.40. The van der Waals surface area contributed by atoms with Crippen molar-refractivity contribution < 1.29 is 0 Å². The summed E-state index contributed by atoms with van der Waals surface area (Å²) in [4.78, 5) is 1.40. The third-order valence-corrected chi connectivity index (χ3v) is 5.74. The van der Waals surface area contributed by atoms with E-state index in [9.17, 15) is 0 Å². The van der Waals surface area contributed by atoms with E-state index in [-0.39, 0.29) is 5.41 Å². The van der Waals surface area contributed by atoms with Crippen molar-refractivity contribution in [3.63, 3.8) is 0 Å². The first-order valence-electron chi connectivity index (χ1n) is 8.51. The van der Waals surface area contributed by atoms with Gasteiger partial charge in [-0.15, -0.1) is 11.8 Å². The van der Waals surface area contributed by atoms with Crippen LogP contribution < -0.4 is 5.32 Å². The highest BCUT2D eigenvalue weighted by Crippen LogP contribution is 2.44. The number of benzene rings is 1. The van der Waals surface area contributed by atoms with E-state index >= 15 is 0 Å². The maximum absolute atomic E-state index is 3.83. The Labute approximate surface area is 134 Å². The van der Waals surface area contributed by atoms with Crippen molar-refractivity contribution in [2.75, 3.05) is 12.3 Å². The zero-order valence-corrected chi connectivity index (χ0v) is 14.5. The largest absolute Gasteiger partial charge is 0.313 e. The van der Waals surface area contributed by atoms with Crippen molar-refractivity contribution in [2.24, 2.45) is 11.8 Å². The number of thioether (sulfide) groups is 1. The van der Waals surface area contributed by atoms with E-state index in [1.54, 1.807) is 0 Å². The van der Waals surface area contributed by atoms with Crippen LogP contribution in [0.2, 0.25) is 0 Å². The third-order valence-electron chi connectivity index (χ3n) is 4.73. The van der Waals surface area contributed by atoms with E-state index in [2.05, 4.69) is 50.4 Å². The maximum atomic E-state index is 3.83. The van der Waals surface area contributed by atoms with E-state index in [0.29, 0.717) is 0 Å². The van der Waals surface area contributed by atoms with Gasteiger partial charge in [-0.05, 0) is 60.6 Å². The van der Waals surface area contributed by atoms with Crippen LogP contribution in [-0.4, -0.2) is 18.3 Å². The van der Waals surface area contributed by atoms with Crippen LogP contribution in [0, 0.1) is 11.8 Å². The maximum Gasteiger partial charge on any atom is 0.0124 e. The van der Waals surface area contributed by atoms with Gasteiger partial charge in [-0.2, -0.15) is 0 Å². The molecular weight excluding hydrogens is 274 g/mol. The zero-order valence-electron chi connectivity index (χ0n) is 13.7. The first-order valence-corrected chi connectivity index (χ1v) is 9.49. The molecule has 0 aromatic heterocycles. The van der Waals surface area contributed by atoms with Crippen molar-refractivity contribution in [3.8, 4) is 0 Å². The molecule has 116 valence electrons. The fraction of sp³-hybridized carbons (Fsp3) is 0.684. The molecule has 2 fully saturated rings. The lowest BCUT2D eigenvalue weighted by molar-refractivity contribution is 0.429. The summed E-state index contributed by atoms with van der Waals surface area (Å²) in [6.07, 6.45) is 5.87. The van der Waals surface area contributed by atoms with Gasteiger partial charge in [0, 0.05) is 23.2 Å². The summed E-state index contributed by atoms with van der Waals surface area (Å²) in [5.74, 6) is 3.20. The Bertz CT molecular complexity index is 439. The average Bonchev–Trinajstić information content (AvgIpc) is 3.31. The van der Waals surface area contributed by atoms with E-state index in [1.807, 2.05) is 11.8 Å². The van der Waals surface area contributed by atoms with Gasteiger partial charge in [0.2, 0.25) is 0 Å². The van der Waals surface area contributed by atoms with Crippen molar-refractivity contribution in [1.29, 1.82) is 0 Å². The minimum absolute atomic E-state index is 0.256. The van der Waals surface area contributed by atoms with Gasteiger partial charge in [-0.3, -0.25) is 0 Å². The Kier molecular flexibility index (Phi) is 4.66. The first kappa shape index (κ1) is 15.4. The van der Waals surface area contributed by atoms with Crippen LogP contribution >= 0.6 is 11.8 Å².